The van der Waals surface area contributed by atoms with Gasteiger partial charge in [-0.1, -0.05) is 42.5 Å². The lowest BCUT2D eigenvalue weighted by Crippen LogP contribution is -2.15. The molecule has 0 aliphatic rings. The molecule has 4 aromatic rings. The second-order valence-electron chi connectivity index (χ2n) is 8.18. The van der Waals surface area contributed by atoms with E-state index in [2.05, 4.69) is 10.0 Å². The summed E-state index contributed by atoms with van der Waals surface area (Å²) >= 11 is 0. The third kappa shape index (κ3) is 6.42. The summed E-state index contributed by atoms with van der Waals surface area (Å²) in [6.45, 7) is 5.69. The summed E-state index contributed by atoms with van der Waals surface area (Å²) in [5.41, 5.74) is 5.98. The number of aromatic nitrogens is 1. The Morgan fingerprint density at radius 1 is 0.861 bits per heavy atom. The van der Waals surface area contributed by atoms with Crippen LogP contribution < -0.4 is 14.8 Å². The molecule has 36 heavy (non-hydrogen) atoms. The second-order valence-corrected chi connectivity index (χ2v) is 11.7. The van der Waals surface area contributed by atoms with Gasteiger partial charge in [0, 0.05) is 10.8 Å². The zero-order valence-corrected chi connectivity index (χ0v) is 22.3. The Bertz CT molecular complexity index is 1570. The molecule has 11 heteroatoms. The Morgan fingerprint density at radius 2 is 1.33 bits per heavy atom. The molecule has 0 amide bonds. The predicted molar refractivity (Wildman–Crippen MR) is 146 cm³/mol. The van der Waals surface area contributed by atoms with E-state index in [1.165, 1.54) is 7.11 Å². The van der Waals surface area contributed by atoms with Gasteiger partial charge in [-0.2, -0.15) is 8.42 Å². The van der Waals surface area contributed by atoms with Crippen molar-refractivity contribution in [2.75, 3.05) is 29.2 Å². The number of sulfonamides is 1. The normalized spacial score (nSPS) is 11.6. The minimum absolute atomic E-state index is 0.0218. The number of hydrogen-bond donors (Lipinski definition) is 3. The second kappa shape index (κ2) is 10.7. The lowest BCUT2D eigenvalue weighted by atomic mass is 10.0. The molecule has 0 bridgehead atoms. The van der Waals surface area contributed by atoms with Crippen LogP contribution in [0.15, 0.2) is 54.6 Å². The van der Waals surface area contributed by atoms with Crippen molar-refractivity contribution in [3.8, 4) is 5.75 Å². The molecule has 192 valence electrons. The number of aryl methyl sites for hydroxylation is 2. The van der Waals surface area contributed by atoms with Crippen molar-refractivity contribution in [1.29, 1.82) is 0 Å². The first-order valence-electron chi connectivity index (χ1n) is 11.0. The van der Waals surface area contributed by atoms with E-state index in [-0.39, 0.29) is 5.75 Å². The molecular formula is C25H29N3O6S2. The molecule has 1 heterocycles. The number of benzene rings is 3. The Kier molecular flexibility index (Phi) is 8.07. The van der Waals surface area contributed by atoms with E-state index in [1.54, 1.807) is 19.1 Å². The van der Waals surface area contributed by atoms with Crippen molar-refractivity contribution < 1.29 is 26.1 Å². The van der Waals surface area contributed by atoms with Gasteiger partial charge in [-0.05, 0) is 44.0 Å². The summed E-state index contributed by atoms with van der Waals surface area (Å²) < 4.78 is 58.3. The average molecular weight is 532 g/mol. The molecule has 0 spiro atoms. The van der Waals surface area contributed by atoms with Gasteiger partial charge in [0.05, 0.1) is 47.2 Å². The number of methoxy groups -OCH3 is 1. The molecule has 0 saturated heterocycles. The number of pyridine rings is 1. The van der Waals surface area contributed by atoms with Crippen LogP contribution in [0.3, 0.4) is 0 Å². The summed E-state index contributed by atoms with van der Waals surface area (Å²) in [4.78, 5) is 4.94. The summed E-state index contributed by atoms with van der Waals surface area (Å²) in [7, 11) is -5.58. The quantitative estimate of drug-likeness (QED) is 0.233. The van der Waals surface area contributed by atoms with Gasteiger partial charge >= 0.3 is 0 Å². The number of nitrogens with zero attached hydrogens (tertiary/aromatic N) is 1. The molecule has 1 aromatic heterocycles. The molecule has 0 fully saturated rings. The number of rotatable bonds is 6. The van der Waals surface area contributed by atoms with Gasteiger partial charge in [0.1, 0.15) is 0 Å². The predicted octanol–water partition coefficient (Wildman–Crippen LogP) is 5.02. The molecule has 3 N–H and O–H groups in total. The smallest absolute Gasteiger partial charge is 0.261 e. The average Bonchev–Trinajstić information content (AvgIpc) is 2.79. The van der Waals surface area contributed by atoms with Crippen LogP contribution in [0.1, 0.15) is 18.1 Å². The zero-order valence-electron chi connectivity index (χ0n) is 20.7. The minimum atomic E-state index is -3.67. The summed E-state index contributed by atoms with van der Waals surface area (Å²) in [6.07, 6.45) is 0.715. The highest BCUT2D eigenvalue weighted by molar-refractivity contribution is 7.92. The van der Waals surface area contributed by atoms with Gasteiger partial charge in [0.25, 0.3) is 10.1 Å². The van der Waals surface area contributed by atoms with E-state index in [0.717, 1.165) is 38.6 Å². The van der Waals surface area contributed by atoms with Crippen LogP contribution in [0.25, 0.3) is 21.8 Å². The maximum Gasteiger partial charge on any atom is 0.261 e. The highest BCUT2D eigenvalue weighted by Gasteiger charge is 2.17. The van der Waals surface area contributed by atoms with Crippen LogP contribution >= 0.6 is 0 Å². The first-order valence-corrected chi connectivity index (χ1v) is 14.5. The fourth-order valence-electron chi connectivity index (χ4n) is 3.72. The van der Waals surface area contributed by atoms with Crippen LogP contribution in [0.4, 0.5) is 17.1 Å². The molecule has 0 radical (unpaired) electrons. The van der Waals surface area contributed by atoms with E-state index in [1.807, 2.05) is 56.3 Å². The SMILES string of the molecule is CCS(=O)(=O)Nc1cccc(Nc2c3cccc(C)c3nc3c(C)cccc23)c1OC.CS(=O)(=O)O. The van der Waals surface area contributed by atoms with Crippen molar-refractivity contribution >= 4 is 59.0 Å². The lowest BCUT2D eigenvalue weighted by molar-refractivity contribution is 0.419. The van der Waals surface area contributed by atoms with Gasteiger partial charge in [-0.3, -0.25) is 9.27 Å². The number of hydrogen-bond acceptors (Lipinski definition) is 7. The van der Waals surface area contributed by atoms with Gasteiger partial charge in [0.2, 0.25) is 10.0 Å². The Morgan fingerprint density at radius 3 is 1.81 bits per heavy atom. The molecule has 0 aliphatic heterocycles. The fourth-order valence-corrected chi connectivity index (χ4v) is 4.36. The van der Waals surface area contributed by atoms with Crippen LogP contribution in [0.5, 0.6) is 5.75 Å². The summed E-state index contributed by atoms with van der Waals surface area (Å²) in [5.74, 6) is 0.407. The Balaban J connectivity index is 0.000000658. The van der Waals surface area contributed by atoms with Gasteiger partial charge in [0.15, 0.2) is 5.75 Å². The minimum Gasteiger partial charge on any atom is -0.492 e. The van der Waals surface area contributed by atoms with Crippen molar-refractivity contribution in [1.82, 2.24) is 4.98 Å². The Hall–Kier alpha value is -3.41. The number of anilines is 3. The lowest BCUT2D eigenvalue weighted by Gasteiger charge is -2.19. The maximum absolute atomic E-state index is 12.1. The van der Waals surface area contributed by atoms with Crippen molar-refractivity contribution in [3.05, 3.63) is 65.7 Å². The number of nitrogens with one attached hydrogen (secondary N) is 2. The van der Waals surface area contributed by atoms with Gasteiger partial charge in [-0.15, -0.1) is 0 Å². The van der Waals surface area contributed by atoms with Gasteiger partial charge < -0.3 is 10.1 Å². The fraction of sp³-hybridized carbons (Fsp3) is 0.240. The largest absolute Gasteiger partial charge is 0.492 e. The first kappa shape index (κ1) is 27.2. The van der Waals surface area contributed by atoms with Crippen LogP contribution in [0, 0.1) is 13.8 Å². The summed E-state index contributed by atoms with van der Waals surface area (Å²) in [6, 6.07) is 17.5. The van der Waals surface area contributed by atoms with E-state index in [4.69, 9.17) is 14.3 Å². The van der Waals surface area contributed by atoms with Crippen molar-refractivity contribution in [2.24, 2.45) is 0 Å². The molecule has 4 rings (SSSR count). The molecule has 0 saturated carbocycles. The van der Waals surface area contributed by atoms with E-state index in [9.17, 15) is 16.8 Å². The van der Waals surface area contributed by atoms with E-state index < -0.39 is 20.1 Å². The first-order chi connectivity index (χ1) is 16.8. The third-order valence-electron chi connectivity index (χ3n) is 5.36. The molecule has 0 atom stereocenters. The van der Waals surface area contributed by atoms with Gasteiger partial charge in [-0.25, -0.2) is 13.4 Å². The molecular weight excluding hydrogens is 502 g/mol. The number of fused-ring (bicyclic) bond motifs is 2. The van der Waals surface area contributed by atoms with Crippen LogP contribution in [-0.2, 0) is 20.1 Å². The highest BCUT2D eigenvalue weighted by Crippen LogP contribution is 2.40. The summed E-state index contributed by atoms with van der Waals surface area (Å²) in [5, 5.41) is 5.48. The topological polar surface area (TPSA) is 135 Å². The molecule has 0 aliphatic carbocycles. The number of ether oxygens (including phenoxy) is 1. The van der Waals surface area contributed by atoms with Crippen molar-refractivity contribution in [3.63, 3.8) is 0 Å². The molecule has 9 nitrogen and oxygen atoms in total. The third-order valence-corrected chi connectivity index (χ3v) is 6.65. The highest BCUT2D eigenvalue weighted by atomic mass is 32.2. The maximum atomic E-state index is 12.1. The number of para-hydroxylation sites is 3. The van der Waals surface area contributed by atoms with E-state index >= 15 is 0 Å². The molecule has 0 unspecified atom stereocenters. The van der Waals surface area contributed by atoms with E-state index in [0.29, 0.717) is 23.4 Å². The standard InChI is InChI=1S/C24H25N3O3S.CH4O3S/c1-5-31(28,29)27-20-14-8-13-19(24(20)30-4)25-23-17-11-6-9-15(2)21(17)26-22-16(3)10-7-12-18(22)23;1-5(2,3)4/h6-14,27H,5H2,1-4H3,(H,25,26);1H3,(H,2,3,4). The Labute approximate surface area is 211 Å². The zero-order chi connectivity index (χ0) is 26.7. The van der Waals surface area contributed by atoms with Crippen LogP contribution in [-0.4, -0.2) is 45.5 Å². The monoisotopic (exact) mass is 531 g/mol. The van der Waals surface area contributed by atoms with Crippen molar-refractivity contribution in [2.45, 2.75) is 20.8 Å². The van der Waals surface area contributed by atoms with Crippen LogP contribution in [0.2, 0.25) is 0 Å². The molecule has 3 aromatic carbocycles.